The van der Waals surface area contributed by atoms with Gasteiger partial charge in [0.1, 0.15) is 0 Å². The highest BCUT2D eigenvalue weighted by molar-refractivity contribution is 9.09. The van der Waals surface area contributed by atoms with E-state index >= 15 is 0 Å². The van der Waals surface area contributed by atoms with E-state index in [1.165, 1.54) is 5.56 Å². The van der Waals surface area contributed by atoms with E-state index < -0.39 is 0 Å². The van der Waals surface area contributed by atoms with E-state index in [4.69, 9.17) is 11.6 Å². The third kappa shape index (κ3) is 3.83. The lowest BCUT2D eigenvalue weighted by molar-refractivity contribution is 0.524. The maximum Gasteiger partial charge on any atom is 0.0631 e. The highest BCUT2D eigenvalue weighted by Crippen LogP contribution is 2.24. The predicted octanol–water partition coefficient (Wildman–Crippen LogP) is 4.84. The molecule has 2 rings (SSSR count). The minimum atomic E-state index is 0.409. The summed E-state index contributed by atoms with van der Waals surface area (Å²) in [7, 11) is 0. The van der Waals surface area contributed by atoms with Gasteiger partial charge in [-0.05, 0) is 49.9 Å². The second kappa shape index (κ2) is 6.58. The molecule has 4 heteroatoms. The standard InChI is InChI=1S/C15H18BrClN2/c1-11(2)19-8-7-15(18-19)9-13(10-16)12-3-5-14(17)6-4-12/h3-8,11,13H,9-10H2,1-2H3. The van der Waals surface area contributed by atoms with E-state index in [-0.39, 0.29) is 0 Å². The van der Waals surface area contributed by atoms with Crippen LogP contribution in [0.15, 0.2) is 36.5 Å². The number of halogens is 2. The maximum atomic E-state index is 5.93. The van der Waals surface area contributed by atoms with Crippen LogP contribution in [0.5, 0.6) is 0 Å². The Balaban J connectivity index is 2.12. The smallest absolute Gasteiger partial charge is 0.0631 e. The third-order valence-electron chi connectivity index (χ3n) is 3.18. The van der Waals surface area contributed by atoms with E-state index in [1.54, 1.807) is 0 Å². The van der Waals surface area contributed by atoms with Crippen LogP contribution in [0.2, 0.25) is 5.02 Å². The maximum absolute atomic E-state index is 5.93. The quantitative estimate of drug-likeness (QED) is 0.712. The van der Waals surface area contributed by atoms with E-state index in [0.29, 0.717) is 12.0 Å². The zero-order valence-corrected chi connectivity index (χ0v) is 13.5. The molecule has 1 aromatic heterocycles. The van der Waals surface area contributed by atoms with Crippen LogP contribution >= 0.6 is 27.5 Å². The predicted molar refractivity (Wildman–Crippen MR) is 84.3 cm³/mol. The first-order valence-corrected chi connectivity index (χ1v) is 7.95. The molecule has 0 saturated carbocycles. The van der Waals surface area contributed by atoms with Gasteiger partial charge in [-0.25, -0.2) is 0 Å². The molecular formula is C15H18BrClN2. The van der Waals surface area contributed by atoms with Gasteiger partial charge < -0.3 is 0 Å². The van der Waals surface area contributed by atoms with E-state index in [9.17, 15) is 0 Å². The monoisotopic (exact) mass is 340 g/mol. The van der Waals surface area contributed by atoms with Gasteiger partial charge in [-0.2, -0.15) is 5.10 Å². The molecular weight excluding hydrogens is 324 g/mol. The van der Waals surface area contributed by atoms with Gasteiger partial charge in [-0.15, -0.1) is 0 Å². The van der Waals surface area contributed by atoms with Crippen LogP contribution in [0.1, 0.15) is 37.1 Å². The summed E-state index contributed by atoms with van der Waals surface area (Å²) in [6.07, 6.45) is 2.99. The third-order valence-corrected chi connectivity index (χ3v) is 4.21. The Kier molecular flexibility index (Phi) is 5.06. The number of aromatic nitrogens is 2. The molecule has 0 amide bonds. The minimum Gasteiger partial charge on any atom is -0.270 e. The fourth-order valence-corrected chi connectivity index (χ4v) is 2.75. The molecule has 0 aliphatic carbocycles. The lowest BCUT2D eigenvalue weighted by atomic mass is 9.96. The molecule has 0 saturated heterocycles. The van der Waals surface area contributed by atoms with Gasteiger partial charge in [0.15, 0.2) is 0 Å². The summed E-state index contributed by atoms with van der Waals surface area (Å²) >= 11 is 9.53. The summed E-state index contributed by atoms with van der Waals surface area (Å²) in [5.41, 5.74) is 2.42. The summed E-state index contributed by atoms with van der Waals surface area (Å²) in [6.45, 7) is 4.27. The largest absolute Gasteiger partial charge is 0.270 e. The normalized spacial score (nSPS) is 12.9. The van der Waals surface area contributed by atoms with E-state index in [1.807, 2.05) is 23.0 Å². The lowest BCUT2D eigenvalue weighted by Crippen LogP contribution is -2.07. The molecule has 0 radical (unpaired) electrons. The first kappa shape index (κ1) is 14.6. The summed E-state index contributed by atoms with van der Waals surface area (Å²) in [4.78, 5) is 0. The van der Waals surface area contributed by atoms with Gasteiger partial charge in [0.05, 0.1) is 5.69 Å². The van der Waals surface area contributed by atoms with E-state index in [0.717, 1.165) is 22.5 Å². The Hall–Kier alpha value is -0.800. The number of rotatable bonds is 5. The Morgan fingerprint density at radius 1 is 1.21 bits per heavy atom. The number of hydrogen-bond donors (Lipinski definition) is 0. The number of nitrogens with zero attached hydrogens (tertiary/aromatic N) is 2. The van der Waals surface area contributed by atoms with Gasteiger partial charge in [0.25, 0.3) is 0 Å². The summed E-state index contributed by atoms with van der Waals surface area (Å²) in [6, 6.07) is 10.6. The topological polar surface area (TPSA) is 17.8 Å². The molecule has 1 atom stereocenters. The Labute approximate surface area is 127 Å². The molecule has 2 nitrogen and oxygen atoms in total. The fourth-order valence-electron chi connectivity index (χ4n) is 2.02. The van der Waals surface area contributed by atoms with Crippen LogP contribution in [0.3, 0.4) is 0 Å². The van der Waals surface area contributed by atoms with Crippen LogP contribution in [0.4, 0.5) is 0 Å². The van der Waals surface area contributed by atoms with Crippen LogP contribution in [-0.2, 0) is 6.42 Å². The van der Waals surface area contributed by atoms with Gasteiger partial charge in [-0.3, -0.25) is 4.68 Å². The van der Waals surface area contributed by atoms with Gasteiger partial charge >= 0.3 is 0 Å². The molecule has 1 unspecified atom stereocenters. The first-order chi connectivity index (χ1) is 9.10. The van der Waals surface area contributed by atoms with Crippen LogP contribution in [-0.4, -0.2) is 15.1 Å². The highest BCUT2D eigenvalue weighted by Gasteiger charge is 2.13. The SMILES string of the molecule is CC(C)n1ccc(CC(CBr)c2ccc(Cl)cc2)n1. The van der Waals surface area contributed by atoms with Crippen molar-refractivity contribution in [2.45, 2.75) is 32.2 Å². The number of benzene rings is 1. The Bertz CT molecular complexity index is 519. The van der Waals surface area contributed by atoms with Crippen molar-refractivity contribution in [3.8, 4) is 0 Å². The van der Waals surface area contributed by atoms with Crippen molar-refractivity contribution in [2.24, 2.45) is 0 Å². The molecule has 19 heavy (non-hydrogen) atoms. The number of alkyl halides is 1. The zero-order chi connectivity index (χ0) is 13.8. The average molecular weight is 342 g/mol. The molecule has 1 aromatic carbocycles. The molecule has 0 aliphatic rings. The van der Waals surface area contributed by atoms with Crippen LogP contribution < -0.4 is 0 Å². The van der Waals surface area contributed by atoms with Gasteiger partial charge in [-0.1, -0.05) is 39.7 Å². The highest BCUT2D eigenvalue weighted by atomic mass is 79.9. The average Bonchev–Trinajstić information content (AvgIpc) is 2.86. The summed E-state index contributed by atoms with van der Waals surface area (Å²) < 4.78 is 2.00. The molecule has 0 N–H and O–H groups in total. The van der Waals surface area contributed by atoms with E-state index in [2.05, 4.69) is 53.1 Å². The summed E-state index contributed by atoms with van der Waals surface area (Å²) in [5, 5.41) is 6.31. The molecule has 0 bridgehead atoms. The van der Waals surface area contributed by atoms with Gasteiger partial charge in [0, 0.05) is 22.6 Å². The van der Waals surface area contributed by atoms with Crippen molar-refractivity contribution in [1.29, 1.82) is 0 Å². The molecule has 102 valence electrons. The van der Waals surface area contributed by atoms with Crippen molar-refractivity contribution in [1.82, 2.24) is 9.78 Å². The Morgan fingerprint density at radius 2 is 1.89 bits per heavy atom. The molecule has 1 heterocycles. The van der Waals surface area contributed by atoms with Crippen molar-refractivity contribution < 1.29 is 0 Å². The van der Waals surface area contributed by atoms with Crippen LogP contribution in [0.25, 0.3) is 0 Å². The first-order valence-electron chi connectivity index (χ1n) is 6.45. The molecule has 0 aliphatic heterocycles. The van der Waals surface area contributed by atoms with Crippen molar-refractivity contribution in [3.63, 3.8) is 0 Å². The second-order valence-electron chi connectivity index (χ2n) is 4.99. The minimum absolute atomic E-state index is 0.409. The lowest BCUT2D eigenvalue weighted by Gasteiger charge is -2.13. The van der Waals surface area contributed by atoms with Gasteiger partial charge in [0.2, 0.25) is 0 Å². The zero-order valence-electron chi connectivity index (χ0n) is 11.2. The van der Waals surface area contributed by atoms with Crippen molar-refractivity contribution in [2.75, 3.05) is 5.33 Å². The summed E-state index contributed by atoms with van der Waals surface area (Å²) in [5.74, 6) is 0.424. The molecule has 0 spiro atoms. The molecule has 2 aromatic rings. The number of hydrogen-bond acceptors (Lipinski definition) is 1. The fraction of sp³-hybridized carbons (Fsp3) is 0.400. The van der Waals surface area contributed by atoms with Crippen molar-refractivity contribution >= 4 is 27.5 Å². The second-order valence-corrected chi connectivity index (χ2v) is 6.07. The Morgan fingerprint density at radius 3 is 2.42 bits per heavy atom. The van der Waals surface area contributed by atoms with Crippen LogP contribution in [0, 0.1) is 0 Å². The van der Waals surface area contributed by atoms with Crippen molar-refractivity contribution in [3.05, 3.63) is 52.8 Å². The molecule has 0 fully saturated rings.